The normalized spacial score (nSPS) is 12.0. The summed E-state index contributed by atoms with van der Waals surface area (Å²) in [6.07, 6.45) is 0.868. The standard InChI is InChI=1S/C8H15N3O/c1-5-6-9-7(11-10-6)8(2,3)12-4/h5H2,1-4H3,(H,9,10,11). The van der Waals surface area contributed by atoms with Crippen molar-refractivity contribution in [2.75, 3.05) is 7.11 Å². The van der Waals surface area contributed by atoms with Gasteiger partial charge in [-0.2, -0.15) is 5.10 Å². The van der Waals surface area contributed by atoms with Crippen LogP contribution in [0.25, 0.3) is 0 Å². The Kier molecular flexibility index (Phi) is 2.47. The number of aromatic amines is 1. The lowest BCUT2D eigenvalue weighted by molar-refractivity contribution is 0.0117. The molecule has 0 aliphatic heterocycles. The van der Waals surface area contributed by atoms with E-state index in [2.05, 4.69) is 15.2 Å². The monoisotopic (exact) mass is 169 g/mol. The quantitative estimate of drug-likeness (QED) is 0.740. The first kappa shape index (κ1) is 9.19. The third-order valence-corrected chi connectivity index (χ3v) is 1.92. The van der Waals surface area contributed by atoms with Gasteiger partial charge in [0, 0.05) is 13.5 Å². The fourth-order valence-corrected chi connectivity index (χ4v) is 0.814. The van der Waals surface area contributed by atoms with E-state index in [-0.39, 0.29) is 0 Å². The van der Waals surface area contributed by atoms with E-state index in [1.54, 1.807) is 7.11 Å². The van der Waals surface area contributed by atoms with Crippen molar-refractivity contribution in [1.29, 1.82) is 0 Å². The number of ether oxygens (including phenoxy) is 1. The predicted octanol–water partition coefficient (Wildman–Crippen LogP) is 1.25. The molecule has 0 aliphatic rings. The molecule has 0 radical (unpaired) electrons. The molecule has 1 heterocycles. The van der Waals surface area contributed by atoms with Crippen LogP contribution in [0.5, 0.6) is 0 Å². The lowest BCUT2D eigenvalue weighted by Gasteiger charge is -2.17. The van der Waals surface area contributed by atoms with Crippen molar-refractivity contribution in [3.8, 4) is 0 Å². The Bertz CT molecular complexity index is 255. The van der Waals surface area contributed by atoms with Crippen molar-refractivity contribution in [3.05, 3.63) is 11.6 Å². The summed E-state index contributed by atoms with van der Waals surface area (Å²) in [5.74, 6) is 1.61. The molecule has 1 N–H and O–H groups in total. The summed E-state index contributed by atoms with van der Waals surface area (Å²) in [6.45, 7) is 5.91. The zero-order valence-electron chi connectivity index (χ0n) is 8.01. The van der Waals surface area contributed by atoms with Crippen molar-refractivity contribution in [3.63, 3.8) is 0 Å². The number of H-pyrrole nitrogens is 1. The van der Waals surface area contributed by atoms with Crippen molar-refractivity contribution < 1.29 is 4.74 Å². The molecule has 0 aromatic carbocycles. The molecule has 0 saturated carbocycles. The fraction of sp³-hybridized carbons (Fsp3) is 0.750. The fourth-order valence-electron chi connectivity index (χ4n) is 0.814. The lowest BCUT2D eigenvalue weighted by Crippen LogP contribution is -2.21. The largest absolute Gasteiger partial charge is 0.371 e. The molecular weight excluding hydrogens is 154 g/mol. The Hall–Kier alpha value is -0.900. The van der Waals surface area contributed by atoms with Gasteiger partial charge in [0.15, 0.2) is 5.82 Å². The molecule has 4 heteroatoms. The van der Waals surface area contributed by atoms with E-state index >= 15 is 0 Å². The van der Waals surface area contributed by atoms with Crippen molar-refractivity contribution >= 4 is 0 Å². The van der Waals surface area contributed by atoms with Gasteiger partial charge >= 0.3 is 0 Å². The number of methoxy groups -OCH3 is 1. The molecule has 1 aromatic heterocycles. The van der Waals surface area contributed by atoms with Gasteiger partial charge in [0.2, 0.25) is 0 Å². The van der Waals surface area contributed by atoms with E-state index in [0.29, 0.717) is 5.82 Å². The topological polar surface area (TPSA) is 50.8 Å². The number of hydrogen-bond acceptors (Lipinski definition) is 3. The van der Waals surface area contributed by atoms with Crippen LogP contribution in [0.15, 0.2) is 0 Å². The summed E-state index contributed by atoms with van der Waals surface area (Å²) in [4.78, 5) is 4.28. The Morgan fingerprint density at radius 3 is 2.58 bits per heavy atom. The Balaban J connectivity index is 2.88. The highest BCUT2D eigenvalue weighted by atomic mass is 16.5. The first-order valence-corrected chi connectivity index (χ1v) is 4.07. The van der Waals surface area contributed by atoms with Gasteiger partial charge in [-0.25, -0.2) is 4.98 Å². The van der Waals surface area contributed by atoms with Crippen LogP contribution in [0.4, 0.5) is 0 Å². The van der Waals surface area contributed by atoms with Crippen LogP contribution in [0.1, 0.15) is 32.4 Å². The van der Waals surface area contributed by atoms with Crippen LogP contribution in [-0.2, 0) is 16.8 Å². The van der Waals surface area contributed by atoms with Gasteiger partial charge < -0.3 is 4.74 Å². The smallest absolute Gasteiger partial charge is 0.181 e. The molecule has 12 heavy (non-hydrogen) atoms. The second kappa shape index (κ2) is 3.23. The zero-order valence-corrected chi connectivity index (χ0v) is 8.01. The van der Waals surface area contributed by atoms with Gasteiger partial charge in [-0.1, -0.05) is 6.92 Å². The van der Waals surface area contributed by atoms with E-state index in [9.17, 15) is 0 Å². The molecule has 0 aliphatic carbocycles. The van der Waals surface area contributed by atoms with Crippen LogP contribution in [-0.4, -0.2) is 22.3 Å². The summed E-state index contributed by atoms with van der Waals surface area (Å²) in [6, 6.07) is 0. The van der Waals surface area contributed by atoms with Crippen LogP contribution in [0.3, 0.4) is 0 Å². The van der Waals surface area contributed by atoms with Crippen LogP contribution < -0.4 is 0 Å². The Labute approximate surface area is 72.4 Å². The number of hydrogen-bond donors (Lipinski definition) is 1. The minimum Gasteiger partial charge on any atom is -0.371 e. The highest BCUT2D eigenvalue weighted by molar-refractivity contribution is 4.99. The molecule has 0 fully saturated rings. The maximum absolute atomic E-state index is 5.24. The van der Waals surface area contributed by atoms with Gasteiger partial charge in [-0.15, -0.1) is 0 Å². The number of aromatic nitrogens is 3. The SMILES string of the molecule is CCc1nc(C(C)(C)OC)n[nH]1. The maximum Gasteiger partial charge on any atom is 0.181 e. The molecule has 1 aromatic rings. The van der Waals surface area contributed by atoms with E-state index in [4.69, 9.17) is 4.74 Å². The number of nitrogens with one attached hydrogen (secondary N) is 1. The van der Waals surface area contributed by atoms with Crippen LogP contribution in [0, 0.1) is 0 Å². The van der Waals surface area contributed by atoms with Gasteiger partial charge in [0.25, 0.3) is 0 Å². The summed E-state index contributed by atoms with van der Waals surface area (Å²) in [5.41, 5.74) is -0.399. The number of nitrogens with zero attached hydrogens (tertiary/aromatic N) is 2. The molecule has 1 rings (SSSR count). The molecule has 0 atom stereocenters. The minimum absolute atomic E-state index is 0.399. The van der Waals surface area contributed by atoms with E-state index < -0.39 is 5.60 Å². The zero-order chi connectivity index (χ0) is 9.19. The van der Waals surface area contributed by atoms with Gasteiger partial charge in [0.05, 0.1) is 0 Å². The Morgan fingerprint density at radius 1 is 1.50 bits per heavy atom. The van der Waals surface area contributed by atoms with Crippen molar-refractivity contribution in [1.82, 2.24) is 15.2 Å². The first-order chi connectivity index (χ1) is 5.60. The summed E-state index contributed by atoms with van der Waals surface area (Å²) in [5, 5.41) is 6.92. The van der Waals surface area contributed by atoms with Gasteiger partial charge in [-0.3, -0.25) is 5.10 Å². The Morgan fingerprint density at radius 2 is 2.17 bits per heavy atom. The minimum atomic E-state index is -0.399. The van der Waals surface area contributed by atoms with E-state index in [1.165, 1.54) is 0 Å². The van der Waals surface area contributed by atoms with Gasteiger partial charge in [-0.05, 0) is 13.8 Å². The molecular formula is C8H15N3O. The predicted molar refractivity (Wildman–Crippen MR) is 45.8 cm³/mol. The number of aryl methyl sites for hydroxylation is 1. The third-order valence-electron chi connectivity index (χ3n) is 1.92. The van der Waals surface area contributed by atoms with Crippen molar-refractivity contribution in [2.24, 2.45) is 0 Å². The second-order valence-corrected chi connectivity index (χ2v) is 3.17. The molecule has 0 saturated heterocycles. The van der Waals surface area contributed by atoms with E-state index in [0.717, 1.165) is 12.2 Å². The van der Waals surface area contributed by atoms with Crippen LogP contribution in [0.2, 0.25) is 0 Å². The maximum atomic E-state index is 5.24. The summed E-state index contributed by atoms with van der Waals surface area (Å²) < 4.78 is 5.24. The highest BCUT2D eigenvalue weighted by Gasteiger charge is 2.24. The summed E-state index contributed by atoms with van der Waals surface area (Å²) >= 11 is 0. The molecule has 68 valence electrons. The molecule has 0 amide bonds. The second-order valence-electron chi connectivity index (χ2n) is 3.17. The third kappa shape index (κ3) is 1.64. The molecule has 0 bridgehead atoms. The molecule has 0 unspecified atom stereocenters. The molecule has 0 spiro atoms. The summed E-state index contributed by atoms with van der Waals surface area (Å²) in [7, 11) is 1.65. The lowest BCUT2D eigenvalue weighted by atomic mass is 10.1. The number of rotatable bonds is 3. The average molecular weight is 169 g/mol. The van der Waals surface area contributed by atoms with Gasteiger partial charge in [0.1, 0.15) is 11.4 Å². The molecule has 4 nitrogen and oxygen atoms in total. The van der Waals surface area contributed by atoms with Crippen molar-refractivity contribution in [2.45, 2.75) is 32.8 Å². The van der Waals surface area contributed by atoms with E-state index in [1.807, 2.05) is 20.8 Å². The highest BCUT2D eigenvalue weighted by Crippen LogP contribution is 2.19. The van der Waals surface area contributed by atoms with Crippen LogP contribution >= 0.6 is 0 Å². The average Bonchev–Trinajstić information content (AvgIpc) is 2.52. The first-order valence-electron chi connectivity index (χ1n) is 4.07.